The zero-order valence-corrected chi connectivity index (χ0v) is 10.6. The fraction of sp³-hybridized carbons (Fsp3) is 0.385. The minimum Gasteiger partial charge on any atom is -0.366 e. The molecule has 102 valence electrons. The van der Waals surface area contributed by atoms with E-state index in [0.717, 1.165) is 25.8 Å². The van der Waals surface area contributed by atoms with Crippen molar-refractivity contribution in [3.63, 3.8) is 0 Å². The van der Waals surface area contributed by atoms with Crippen molar-refractivity contribution in [3.05, 3.63) is 29.8 Å². The van der Waals surface area contributed by atoms with E-state index in [-0.39, 0.29) is 11.9 Å². The third-order valence-corrected chi connectivity index (χ3v) is 3.28. The number of hydrogen-bond donors (Lipinski definition) is 3. The average Bonchev–Trinajstić information content (AvgIpc) is 2.39. The Morgan fingerprint density at radius 1 is 1.21 bits per heavy atom. The monoisotopic (exact) mass is 262 g/mol. The smallest absolute Gasteiger partial charge is 0.248 e. The van der Waals surface area contributed by atoms with Crippen molar-refractivity contribution < 1.29 is 9.59 Å². The topological polar surface area (TPSA) is 101 Å². The van der Waals surface area contributed by atoms with Gasteiger partial charge >= 0.3 is 0 Å². The molecular weight excluding hydrogens is 244 g/mol. The Labute approximate surface area is 111 Å². The molecule has 1 saturated heterocycles. The van der Waals surface area contributed by atoms with E-state index < -0.39 is 5.91 Å². The SMILES string of the molecule is NC(=O)c1ccc(NC(=O)C2CCCCN2N)cc1. The van der Waals surface area contributed by atoms with Gasteiger partial charge in [-0.05, 0) is 43.5 Å². The lowest BCUT2D eigenvalue weighted by molar-refractivity contribution is -0.122. The van der Waals surface area contributed by atoms with Crippen LogP contribution in [0.15, 0.2) is 24.3 Å². The van der Waals surface area contributed by atoms with Gasteiger partial charge in [0.2, 0.25) is 11.8 Å². The molecule has 6 heteroatoms. The second kappa shape index (κ2) is 5.81. The second-order valence-electron chi connectivity index (χ2n) is 4.68. The van der Waals surface area contributed by atoms with Gasteiger partial charge in [0, 0.05) is 17.8 Å². The molecular formula is C13H18N4O2. The molecule has 19 heavy (non-hydrogen) atoms. The van der Waals surface area contributed by atoms with E-state index in [4.69, 9.17) is 11.6 Å². The maximum Gasteiger partial charge on any atom is 0.248 e. The van der Waals surface area contributed by atoms with Crippen LogP contribution in [0.2, 0.25) is 0 Å². The molecule has 2 rings (SSSR count). The Kier molecular flexibility index (Phi) is 4.13. The molecule has 0 saturated carbocycles. The number of carbonyl (C=O) groups excluding carboxylic acids is 2. The predicted molar refractivity (Wildman–Crippen MR) is 72.1 cm³/mol. The highest BCUT2D eigenvalue weighted by atomic mass is 16.2. The summed E-state index contributed by atoms with van der Waals surface area (Å²) >= 11 is 0. The van der Waals surface area contributed by atoms with Crippen LogP contribution in [-0.4, -0.2) is 29.4 Å². The van der Waals surface area contributed by atoms with Crippen LogP contribution in [0.3, 0.4) is 0 Å². The summed E-state index contributed by atoms with van der Waals surface area (Å²) in [4.78, 5) is 23.0. The number of nitrogens with zero attached hydrogens (tertiary/aromatic N) is 1. The van der Waals surface area contributed by atoms with Crippen molar-refractivity contribution in [2.45, 2.75) is 25.3 Å². The number of primary amides is 1. The number of amides is 2. The van der Waals surface area contributed by atoms with Gasteiger partial charge in [-0.1, -0.05) is 0 Å². The second-order valence-corrected chi connectivity index (χ2v) is 4.68. The Hall–Kier alpha value is -1.92. The highest BCUT2D eigenvalue weighted by molar-refractivity contribution is 5.96. The molecule has 1 fully saturated rings. The fourth-order valence-corrected chi connectivity index (χ4v) is 2.18. The fourth-order valence-electron chi connectivity index (χ4n) is 2.18. The van der Waals surface area contributed by atoms with Gasteiger partial charge in [0.1, 0.15) is 6.04 Å². The predicted octanol–water partition coefficient (Wildman–Crippen LogP) is 0.452. The van der Waals surface area contributed by atoms with Crippen molar-refractivity contribution in [1.82, 2.24) is 5.01 Å². The molecule has 1 heterocycles. The van der Waals surface area contributed by atoms with Gasteiger partial charge in [-0.3, -0.25) is 15.4 Å². The Morgan fingerprint density at radius 3 is 2.47 bits per heavy atom. The summed E-state index contributed by atoms with van der Waals surface area (Å²) in [5, 5.41) is 4.38. The molecule has 6 nitrogen and oxygen atoms in total. The van der Waals surface area contributed by atoms with Gasteiger partial charge in [0.05, 0.1) is 0 Å². The van der Waals surface area contributed by atoms with E-state index in [1.165, 1.54) is 0 Å². The van der Waals surface area contributed by atoms with Gasteiger partial charge < -0.3 is 11.1 Å². The average molecular weight is 262 g/mol. The summed E-state index contributed by atoms with van der Waals surface area (Å²) in [5.74, 6) is 5.20. The summed E-state index contributed by atoms with van der Waals surface area (Å²) < 4.78 is 0. The van der Waals surface area contributed by atoms with Gasteiger partial charge in [0.25, 0.3) is 0 Å². The van der Waals surface area contributed by atoms with Crippen molar-refractivity contribution in [1.29, 1.82) is 0 Å². The highest BCUT2D eigenvalue weighted by Gasteiger charge is 2.26. The molecule has 5 N–H and O–H groups in total. The van der Waals surface area contributed by atoms with E-state index in [1.54, 1.807) is 29.3 Å². The number of carbonyl (C=O) groups is 2. The molecule has 0 radical (unpaired) electrons. The number of benzene rings is 1. The number of rotatable bonds is 3. The molecule has 1 aliphatic rings. The normalized spacial score (nSPS) is 19.9. The van der Waals surface area contributed by atoms with Crippen LogP contribution in [0.1, 0.15) is 29.6 Å². The summed E-state index contributed by atoms with van der Waals surface area (Å²) in [6.07, 6.45) is 2.79. The van der Waals surface area contributed by atoms with Crippen molar-refractivity contribution in [2.75, 3.05) is 11.9 Å². The molecule has 0 aliphatic carbocycles. The number of piperidine rings is 1. The third-order valence-electron chi connectivity index (χ3n) is 3.28. The van der Waals surface area contributed by atoms with Crippen molar-refractivity contribution in [2.24, 2.45) is 11.6 Å². The molecule has 1 atom stereocenters. The molecule has 1 unspecified atom stereocenters. The van der Waals surface area contributed by atoms with Crippen LogP contribution in [0.5, 0.6) is 0 Å². The van der Waals surface area contributed by atoms with Crippen LogP contribution in [-0.2, 0) is 4.79 Å². The Bertz CT molecular complexity index is 472. The van der Waals surface area contributed by atoms with Crippen LogP contribution < -0.4 is 16.9 Å². The summed E-state index contributed by atoms with van der Waals surface area (Å²) in [5.41, 5.74) is 6.20. The lowest BCUT2D eigenvalue weighted by atomic mass is 10.0. The first-order valence-corrected chi connectivity index (χ1v) is 6.30. The van der Waals surface area contributed by atoms with E-state index in [9.17, 15) is 9.59 Å². The summed E-state index contributed by atoms with van der Waals surface area (Å²) in [6, 6.07) is 6.19. The molecule has 0 bridgehead atoms. The summed E-state index contributed by atoms with van der Waals surface area (Å²) in [6.45, 7) is 0.735. The highest BCUT2D eigenvalue weighted by Crippen LogP contribution is 2.16. The number of hydrazine groups is 1. The van der Waals surface area contributed by atoms with Crippen molar-refractivity contribution >= 4 is 17.5 Å². The first-order valence-electron chi connectivity index (χ1n) is 6.30. The van der Waals surface area contributed by atoms with Crippen molar-refractivity contribution in [3.8, 4) is 0 Å². The number of hydrogen-bond acceptors (Lipinski definition) is 4. The van der Waals surface area contributed by atoms with Gasteiger partial charge in [-0.2, -0.15) is 0 Å². The Morgan fingerprint density at radius 2 is 1.89 bits per heavy atom. The molecule has 2 amide bonds. The molecule has 1 aromatic rings. The standard InChI is InChI=1S/C13H18N4O2/c14-12(18)9-4-6-10(7-5-9)16-13(19)11-3-1-2-8-17(11)15/h4-7,11H,1-3,8,15H2,(H2,14,18)(H,16,19). The van der Waals surface area contributed by atoms with Crippen LogP contribution in [0.4, 0.5) is 5.69 Å². The molecule has 0 aromatic heterocycles. The third kappa shape index (κ3) is 3.30. The minimum absolute atomic E-state index is 0.117. The van der Waals surface area contributed by atoms with E-state index in [0.29, 0.717) is 11.3 Å². The first kappa shape index (κ1) is 13.5. The van der Waals surface area contributed by atoms with Gasteiger partial charge in [-0.15, -0.1) is 0 Å². The van der Waals surface area contributed by atoms with Crippen LogP contribution >= 0.6 is 0 Å². The zero-order valence-electron chi connectivity index (χ0n) is 10.6. The molecule has 0 spiro atoms. The van der Waals surface area contributed by atoms with E-state index in [1.807, 2.05) is 0 Å². The van der Waals surface area contributed by atoms with E-state index in [2.05, 4.69) is 5.32 Å². The number of nitrogens with two attached hydrogens (primary N) is 2. The molecule has 1 aromatic carbocycles. The van der Waals surface area contributed by atoms with E-state index >= 15 is 0 Å². The quantitative estimate of drug-likeness (QED) is 0.688. The maximum absolute atomic E-state index is 12.1. The van der Waals surface area contributed by atoms with Gasteiger partial charge in [0.15, 0.2) is 0 Å². The van der Waals surface area contributed by atoms with Gasteiger partial charge in [-0.25, -0.2) is 5.01 Å². The Balaban J connectivity index is 2.00. The largest absolute Gasteiger partial charge is 0.366 e. The minimum atomic E-state index is -0.488. The summed E-state index contributed by atoms with van der Waals surface area (Å²) in [7, 11) is 0. The lowest BCUT2D eigenvalue weighted by Gasteiger charge is -2.30. The lowest BCUT2D eigenvalue weighted by Crippen LogP contribution is -2.50. The maximum atomic E-state index is 12.1. The number of nitrogens with one attached hydrogen (secondary N) is 1. The zero-order chi connectivity index (χ0) is 13.8. The number of anilines is 1. The van der Waals surface area contributed by atoms with Crippen LogP contribution in [0.25, 0.3) is 0 Å². The van der Waals surface area contributed by atoms with Crippen LogP contribution in [0, 0.1) is 0 Å². The molecule has 1 aliphatic heterocycles. The first-order chi connectivity index (χ1) is 9.08.